The molecule has 92 valence electrons. The number of ether oxygens (including phenoxy) is 1. The summed E-state index contributed by atoms with van der Waals surface area (Å²) in [6, 6.07) is 0. The van der Waals surface area contributed by atoms with E-state index in [1.54, 1.807) is 0 Å². The molecule has 1 saturated heterocycles. The van der Waals surface area contributed by atoms with E-state index < -0.39 is 39.3 Å². The third kappa shape index (κ3) is 1.57. The fourth-order valence-corrected chi connectivity index (χ4v) is 2.84. The Morgan fingerprint density at radius 3 is 2.44 bits per heavy atom. The maximum absolute atomic E-state index is 11.6. The van der Waals surface area contributed by atoms with Crippen LogP contribution >= 0.6 is 0 Å². The van der Waals surface area contributed by atoms with Gasteiger partial charge in [-0.3, -0.25) is 4.79 Å². The molecular formula is C8H13NO6S. The zero-order valence-electron chi connectivity index (χ0n) is 9.13. The van der Waals surface area contributed by atoms with E-state index in [-0.39, 0.29) is 0 Å². The Morgan fingerprint density at radius 1 is 1.56 bits per heavy atom. The molecule has 7 nitrogen and oxygen atoms in total. The molecule has 1 unspecified atom stereocenters. The molecule has 0 radical (unpaired) electrons. The predicted octanol–water partition coefficient (Wildman–Crippen LogP) is -1.53. The third-order valence-electron chi connectivity index (χ3n) is 2.49. The molecule has 0 aromatic rings. The largest absolute Gasteiger partial charge is 0.467 e. The number of β-amino-alcohol motifs (C(OH)–C–C–N with tert-alkyl or cyclic N) is 1. The lowest BCUT2D eigenvalue weighted by Gasteiger charge is -2.43. The first-order valence-electron chi connectivity index (χ1n) is 4.49. The zero-order valence-corrected chi connectivity index (χ0v) is 9.94. The molecule has 1 fully saturated rings. The van der Waals surface area contributed by atoms with Gasteiger partial charge in [-0.05, 0) is 13.8 Å². The Kier molecular flexibility index (Phi) is 2.99. The minimum absolute atomic E-state index is 0.481. The van der Waals surface area contributed by atoms with E-state index in [1.165, 1.54) is 13.8 Å². The SMILES string of the molecule is COC(=O)C(O)CN1C(=O)C(C)(C)S1(=O)=O. The molecule has 1 amide bonds. The molecule has 0 saturated carbocycles. The molecule has 0 aliphatic carbocycles. The normalized spacial score (nSPS) is 23.5. The molecule has 0 aromatic heterocycles. The summed E-state index contributed by atoms with van der Waals surface area (Å²) in [5.41, 5.74) is 0. The molecule has 1 aliphatic heterocycles. The van der Waals surface area contributed by atoms with Crippen LogP contribution in [0.4, 0.5) is 0 Å². The van der Waals surface area contributed by atoms with Gasteiger partial charge in [0.15, 0.2) is 10.9 Å². The number of hydrogen-bond donors (Lipinski definition) is 1. The van der Waals surface area contributed by atoms with Gasteiger partial charge < -0.3 is 9.84 Å². The summed E-state index contributed by atoms with van der Waals surface area (Å²) in [4.78, 5) is 22.3. The maximum Gasteiger partial charge on any atom is 0.336 e. The number of carbonyl (C=O) groups is 2. The van der Waals surface area contributed by atoms with Crippen molar-refractivity contribution in [2.75, 3.05) is 13.7 Å². The van der Waals surface area contributed by atoms with Crippen LogP contribution < -0.4 is 0 Å². The highest BCUT2D eigenvalue weighted by molar-refractivity contribution is 7.94. The summed E-state index contributed by atoms with van der Waals surface area (Å²) in [6.07, 6.45) is -1.65. The highest BCUT2D eigenvalue weighted by Crippen LogP contribution is 2.34. The Balaban J connectivity index is 2.80. The number of aliphatic hydroxyl groups excluding tert-OH is 1. The molecule has 1 aliphatic rings. The minimum atomic E-state index is -3.77. The molecule has 1 atom stereocenters. The second kappa shape index (κ2) is 3.70. The van der Waals surface area contributed by atoms with Crippen LogP contribution in [0.15, 0.2) is 0 Å². The lowest BCUT2D eigenvalue weighted by atomic mass is 10.2. The number of sulfonamides is 1. The molecule has 0 aromatic carbocycles. The Hall–Kier alpha value is -1.15. The van der Waals surface area contributed by atoms with Crippen LogP contribution in [0.3, 0.4) is 0 Å². The minimum Gasteiger partial charge on any atom is -0.467 e. The summed E-state index contributed by atoms with van der Waals surface area (Å²) < 4.78 is 26.4. The van der Waals surface area contributed by atoms with Gasteiger partial charge in [0.1, 0.15) is 0 Å². The molecule has 0 bridgehead atoms. The quantitative estimate of drug-likeness (QED) is 0.611. The van der Waals surface area contributed by atoms with E-state index in [4.69, 9.17) is 0 Å². The standard InChI is InChI=1S/C8H13NO6S/c1-8(2)7(12)9(16(8,13)14)4-5(10)6(11)15-3/h5,10H,4H2,1-3H3. The summed E-state index contributed by atoms with van der Waals surface area (Å²) in [7, 11) is -2.71. The van der Waals surface area contributed by atoms with Crippen LogP contribution in [-0.2, 0) is 24.3 Å². The smallest absolute Gasteiger partial charge is 0.336 e. The predicted molar refractivity (Wildman–Crippen MR) is 52.7 cm³/mol. The molecule has 0 spiro atoms. The average molecular weight is 251 g/mol. The van der Waals surface area contributed by atoms with Crippen LogP contribution in [0.1, 0.15) is 13.8 Å². The molecular weight excluding hydrogens is 238 g/mol. The summed E-state index contributed by atoms with van der Waals surface area (Å²) in [5, 5.41) is 9.24. The summed E-state index contributed by atoms with van der Waals surface area (Å²) >= 11 is 0. The number of rotatable bonds is 3. The highest BCUT2D eigenvalue weighted by Gasteiger charge is 2.60. The van der Waals surface area contributed by atoms with E-state index in [1.807, 2.05) is 0 Å². The van der Waals surface area contributed by atoms with Crippen molar-refractivity contribution >= 4 is 21.9 Å². The van der Waals surface area contributed by atoms with Gasteiger partial charge in [-0.15, -0.1) is 0 Å². The molecule has 1 heterocycles. The Morgan fingerprint density at radius 2 is 2.06 bits per heavy atom. The fraction of sp³-hybridized carbons (Fsp3) is 0.750. The highest BCUT2D eigenvalue weighted by atomic mass is 32.2. The number of esters is 1. The number of amides is 1. The van der Waals surface area contributed by atoms with Crippen molar-refractivity contribution in [3.8, 4) is 0 Å². The second-order valence-electron chi connectivity index (χ2n) is 3.89. The Bertz CT molecular complexity index is 426. The van der Waals surface area contributed by atoms with Crippen molar-refractivity contribution in [2.24, 2.45) is 0 Å². The van der Waals surface area contributed by atoms with Crippen molar-refractivity contribution in [1.29, 1.82) is 0 Å². The van der Waals surface area contributed by atoms with E-state index in [0.29, 0.717) is 4.31 Å². The topological polar surface area (TPSA) is 101 Å². The van der Waals surface area contributed by atoms with Crippen molar-refractivity contribution in [1.82, 2.24) is 4.31 Å². The molecule has 1 rings (SSSR count). The van der Waals surface area contributed by atoms with E-state index in [2.05, 4.69) is 4.74 Å². The van der Waals surface area contributed by atoms with Gasteiger partial charge in [0.25, 0.3) is 15.9 Å². The van der Waals surface area contributed by atoms with E-state index >= 15 is 0 Å². The van der Waals surface area contributed by atoms with Gasteiger partial charge >= 0.3 is 5.97 Å². The van der Waals surface area contributed by atoms with Gasteiger partial charge in [0.2, 0.25) is 0 Å². The zero-order chi connectivity index (χ0) is 12.7. The van der Waals surface area contributed by atoms with Gasteiger partial charge in [-0.2, -0.15) is 0 Å². The van der Waals surface area contributed by atoms with Crippen molar-refractivity contribution < 1.29 is 27.9 Å². The Labute approximate surface area is 93.0 Å². The fourth-order valence-electron chi connectivity index (χ4n) is 1.30. The summed E-state index contributed by atoms with van der Waals surface area (Å²) in [5.74, 6) is -1.62. The van der Waals surface area contributed by atoms with Gasteiger partial charge in [0, 0.05) is 0 Å². The number of carbonyl (C=O) groups excluding carboxylic acids is 2. The van der Waals surface area contributed by atoms with Gasteiger partial charge in [-0.25, -0.2) is 17.5 Å². The van der Waals surface area contributed by atoms with Crippen LogP contribution in [-0.4, -0.2) is 54.2 Å². The number of nitrogens with zero attached hydrogens (tertiary/aromatic N) is 1. The maximum atomic E-state index is 11.6. The van der Waals surface area contributed by atoms with Crippen molar-refractivity contribution in [3.05, 3.63) is 0 Å². The number of methoxy groups -OCH3 is 1. The second-order valence-corrected chi connectivity index (χ2v) is 6.30. The third-order valence-corrected chi connectivity index (χ3v) is 4.85. The first-order chi connectivity index (χ1) is 7.16. The van der Waals surface area contributed by atoms with E-state index in [9.17, 15) is 23.1 Å². The van der Waals surface area contributed by atoms with Crippen molar-refractivity contribution in [2.45, 2.75) is 24.7 Å². The molecule has 8 heteroatoms. The van der Waals surface area contributed by atoms with Gasteiger partial charge in [0.05, 0.1) is 13.7 Å². The van der Waals surface area contributed by atoms with Crippen LogP contribution in [0.2, 0.25) is 0 Å². The number of hydrogen-bond acceptors (Lipinski definition) is 6. The van der Waals surface area contributed by atoms with Gasteiger partial charge in [-0.1, -0.05) is 0 Å². The first kappa shape index (κ1) is 12.9. The van der Waals surface area contributed by atoms with Crippen LogP contribution in [0.5, 0.6) is 0 Å². The monoisotopic (exact) mass is 251 g/mol. The molecule has 1 N–H and O–H groups in total. The van der Waals surface area contributed by atoms with Crippen molar-refractivity contribution in [3.63, 3.8) is 0 Å². The van der Waals surface area contributed by atoms with Crippen LogP contribution in [0.25, 0.3) is 0 Å². The van der Waals surface area contributed by atoms with E-state index in [0.717, 1.165) is 7.11 Å². The lowest BCUT2D eigenvalue weighted by Crippen LogP contribution is -2.68. The lowest BCUT2D eigenvalue weighted by molar-refractivity contribution is -0.151. The first-order valence-corrected chi connectivity index (χ1v) is 5.93. The molecule has 16 heavy (non-hydrogen) atoms. The average Bonchev–Trinajstić information content (AvgIpc) is 2.22. The number of aliphatic hydroxyl groups is 1. The van der Waals surface area contributed by atoms with Crippen LogP contribution in [0, 0.1) is 0 Å². The summed E-state index contributed by atoms with van der Waals surface area (Å²) in [6.45, 7) is 1.94.